The van der Waals surface area contributed by atoms with E-state index in [0.29, 0.717) is 17.5 Å². The summed E-state index contributed by atoms with van der Waals surface area (Å²) in [6.45, 7) is 4.26. The van der Waals surface area contributed by atoms with E-state index in [9.17, 15) is 0 Å². The van der Waals surface area contributed by atoms with E-state index in [1.54, 1.807) is 0 Å². The van der Waals surface area contributed by atoms with Crippen molar-refractivity contribution in [3.8, 4) is 78.9 Å². The monoisotopic (exact) mass is 896 g/mol. The van der Waals surface area contributed by atoms with Crippen LogP contribution in [0.1, 0.15) is 11.1 Å². The van der Waals surface area contributed by atoms with Crippen LogP contribution in [0.3, 0.4) is 0 Å². The first kappa shape index (κ1) is 41.0. The van der Waals surface area contributed by atoms with Crippen molar-refractivity contribution in [2.75, 3.05) is 0 Å². The summed E-state index contributed by atoms with van der Waals surface area (Å²) < 4.78 is 4.82. The van der Waals surface area contributed by atoms with E-state index < -0.39 is 0 Å². The van der Waals surface area contributed by atoms with Crippen molar-refractivity contribution in [2.45, 2.75) is 13.8 Å². The largest absolute Gasteiger partial charge is 0.309 e. The summed E-state index contributed by atoms with van der Waals surface area (Å²) in [5, 5.41) is 4.71. The standard InChI is InChI=1S/C64H44N6/c1-41-21-25-43(26-22-41)47-30-33-58-53(37-47)50-17-9-11-19-56(50)69(58)60-35-36-65-40-55(60)52-32-29-49(64-67-62(45-13-5-3-6-14-45)66-63(68-64)46-15-7-4-8-16-46)39-61(52)70-57-20-12-10-18-51(57)54-38-48(31-34-59(54)70)44-27-23-42(2)24-28-44/h3-40H,1-2H3. The van der Waals surface area contributed by atoms with Crippen LogP contribution in [0.2, 0.25) is 0 Å². The smallest absolute Gasteiger partial charge is 0.164 e. The normalized spacial score (nSPS) is 11.6. The average Bonchev–Trinajstić information content (AvgIpc) is 3.93. The molecule has 0 saturated carbocycles. The van der Waals surface area contributed by atoms with Gasteiger partial charge in [-0.15, -0.1) is 0 Å². The van der Waals surface area contributed by atoms with Gasteiger partial charge in [-0.2, -0.15) is 0 Å². The van der Waals surface area contributed by atoms with Gasteiger partial charge in [0, 0.05) is 61.8 Å². The number of rotatable bonds is 8. The number of pyridine rings is 1. The van der Waals surface area contributed by atoms with Crippen molar-refractivity contribution in [2.24, 2.45) is 0 Å². The Morgan fingerprint density at radius 1 is 0.300 bits per heavy atom. The predicted molar refractivity (Wildman–Crippen MR) is 288 cm³/mol. The Kier molecular flexibility index (Phi) is 9.84. The van der Waals surface area contributed by atoms with E-state index in [1.165, 1.54) is 54.9 Å². The number of aryl methyl sites for hydroxylation is 2. The second kappa shape index (κ2) is 16.8. The molecule has 0 fully saturated rings. The zero-order chi connectivity index (χ0) is 46.7. The number of para-hydroxylation sites is 2. The molecule has 0 unspecified atom stereocenters. The van der Waals surface area contributed by atoms with Gasteiger partial charge in [-0.1, -0.05) is 181 Å². The Morgan fingerprint density at radius 3 is 1.26 bits per heavy atom. The Hall–Kier alpha value is -9.26. The minimum absolute atomic E-state index is 0.584. The molecule has 6 heteroatoms. The van der Waals surface area contributed by atoms with Crippen LogP contribution in [0, 0.1) is 13.8 Å². The molecule has 330 valence electrons. The number of fused-ring (bicyclic) bond motifs is 6. The van der Waals surface area contributed by atoms with Crippen LogP contribution >= 0.6 is 0 Å². The second-order valence-electron chi connectivity index (χ2n) is 18.1. The second-order valence-corrected chi connectivity index (χ2v) is 18.1. The Balaban J connectivity index is 1.08. The van der Waals surface area contributed by atoms with Gasteiger partial charge in [0.25, 0.3) is 0 Å². The highest BCUT2D eigenvalue weighted by Crippen LogP contribution is 2.43. The molecule has 0 amide bonds. The molecule has 9 aromatic carbocycles. The molecule has 13 aromatic rings. The van der Waals surface area contributed by atoms with Crippen molar-refractivity contribution in [3.63, 3.8) is 0 Å². The van der Waals surface area contributed by atoms with Crippen molar-refractivity contribution < 1.29 is 0 Å². The number of hydrogen-bond donors (Lipinski definition) is 0. The van der Waals surface area contributed by atoms with Crippen molar-refractivity contribution >= 4 is 43.6 Å². The zero-order valence-corrected chi connectivity index (χ0v) is 38.6. The van der Waals surface area contributed by atoms with Crippen LogP contribution in [0.5, 0.6) is 0 Å². The molecule has 0 N–H and O–H groups in total. The molecule has 13 rings (SSSR count). The first-order valence-electron chi connectivity index (χ1n) is 23.7. The van der Waals surface area contributed by atoms with Gasteiger partial charge in [0.1, 0.15) is 0 Å². The molecule has 0 radical (unpaired) electrons. The summed E-state index contributed by atoms with van der Waals surface area (Å²) in [4.78, 5) is 20.3. The molecule has 4 aromatic heterocycles. The summed E-state index contributed by atoms with van der Waals surface area (Å²) in [7, 11) is 0. The van der Waals surface area contributed by atoms with E-state index in [2.05, 4.69) is 181 Å². The molecular weight excluding hydrogens is 853 g/mol. The minimum atomic E-state index is 0.584. The third-order valence-electron chi connectivity index (χ3n) is 13.6. The lowest BCUT2D eigenvalue weighted by molar-refractivity contribution is 1.07. The Labute approximate surface area is 405 Å². The van der Waals surface area contributed by atoms with Crippen LogP contribution in [-0.4, -0.2) is 29.1 Å². The number of benzene rings is 9. The minimum Gasteiger partial charge on any atom is -0.309 e. The summed E-state index contributed by atoms with van der Waals surface area (Å²) in [5.74, 6) is 1.81. The van der Waals surface area contributed by atoms with Gasteiger partial charge >= 0.3 is 0 Å². The molecule has 4 heterocycles. The highest BCUT2D eigenvalue weighted by molar-refractivity contribution is 6.13. The maximum Gasteiger partial charge on any atom is 0.164 e. The molecule has 0 bridgehead atoms. The van der Waals surface area contributed by atoms with Gasteiger partial charge in [0.15, 0.2) is 17.5 Å². The van der Waals surface area contributed by atoms with Gasteiger partial charge in [0.2, 0.25) is 0 Å². The molecule has 70 heavy (non-hydrogen) atoms. The molecule has 0 aliphatic heterocycles. The lowest BCUT2D eigenvalue weighted by atomic mass is 9.99. The third-order valence-corrected chi connectivity index (χ3v) is 13.6. The average molecular weight is 897 g/mol. The van der Waals surface area contributed by atoms with E-state index in [4.69, 9.17) is 19.9 Å². The first-order chi connectivity index (χ1) is 34.5. The van der Waals surface area contributed by atoms with Crippen LogP contribution in [0.4, 0.5) is 0 Å². The first-order valence-corrected chi connectivity index (χ1v) is 23.7. The molecule has 0 spiro atoms. The van der Waals surface area contributed by atoms with E-state index in [1.807, 2.05) is 73.1 Å². The number of hydrogen-bond acceptors (Lipinski definition) is 4. The van der Waals surface area contributed by atoms with E-state index in [-0.39, 0.29) is 0 Å². The predicted octanol–water partition coefficient (Wildman–Crippen LogP) is 16.1. The molecule has 0 atom stereocenters. The summed E-state index contributed by atoms with van der Waals surface area (Å²) in [6, 6.07) is 77.8. The molecular formula is C64H44N6. The number of aromatic nitrogens is 6. The molecule has 0 aliphatic rings. The van der Waals surface area contributed by atoms with Gasteiger partial charge in [0.05, 0.1) is 33.4 Å². The van der Waals surface area contributed by atoms with Crippen LogP contribution in [0.15, 0.2) is 231 Å². The van der Waals surface area contributed by atoms with Crippen molar-refractivity contribution in [1.82, 2.24) is 29.1 Å². The van der Waals surface area contributed by atoms with Crippen molar-refractivity contribution in [3.05, 3.63) is 242 Å². The van der Waals surface area contributed by atoms with Crippen LogP contribution in [0.25, 0.3) is 123 Å². The third kappa shape index (κ3) is 7.04. The maximum atomic E-state index is 5.21. The van der Waals surface area contributed by atoms with Gasteiger partial charge < -0.3 is 9.13 Å². The lowest BCUT2D eigenvalue weighted by Crippen LogP contribution is -2.04. The molecule has 0 aliphatic carbocycles. The summed E-state index contributed by atoms with van der Waals surface area (Å²) in [5.41, 5.74) is 18.3. The lowest BCUT2D eigenvalue weighted by Gasteiger charge is -2.19. The van der Waals surface area contributed by atoms with E-state index >= 15 is 0 Å². The fourth-order valence-electron chi connectivity index (χ4n) is 10.1. The van der Waals surface area contributed by atoms with Crippen LogP contribution in [-0.2, 0) is 0 Å². The summed E-state index contributed by atoms with van der Waals surface area (Å²) >= 11 is 0. The topological polar surface area (TPSA) is 61.4 Å². The Bertz CT molecular complexity index is 4060. The summed E-state index contributed by atoms with van der Waals surface area (Å²) in [6.07, 6.45) is 3.92. The highest BCUT2D eigenvalue weighted by Gasteiger charge is 2.23. The SMILES string of the molecule is Cc1ccc(-c2ccc3c(c2)c2ccccc2n3-c2ccncc2-c2ccc(-c3nc(-c4ccccc4)nc(-c4ccccc4)n3)cc2-n2c3ccccc3c3cc(-c4ccc(C)cc4)ccc32)cc1. The maximum absolute atomic E-state index is 5.21. The highest BCUT2D eigenvalue weighted by atomic mass is 15.0. The van der Waals surface area contributed by atoms with Gasteiger partial charge in [-0.3, -0.25) is 4.98 Å². The van der Waals surface area contributed by atoms with Crippen molar-refractivity contribution in [1.29, 1.82) is 0 Å². The quantitative estimate of drug-likeness (QED) is 0.152. The van der Waals surface area contributed by atoms with Gasteiger partial charge in [-0.05, 0) is 84.6 Å². The zero-order valence-electron chi connectivity index (χ0n) is 38.6. The fourth-order valence-corrected chi connectivity index (χ4v) is 10.1. The van der Waals surface area contributed by atoms with E-state index in [0.717, 1.165) is 61.3 Å². The number of nitrogens with zero attached hydrogens (tertiary/aromatic N) is 6. The Morgan fingerprint density at radius 2 is 0.729 bits per heavy atom. The fraction of sp³-hybridized carbons (Fsp3) is 0.0312. The molecule has 0 saturated heterocycles. The van der Waals surface area contributed by atoms with Crippen LogP contribution < -0.4 is 0 Å². The molecule has 6 nitrogen and oxygen atoms in total. The van der Waals surface area contributed by atoms with Gasteiger partial charge in [-0.25, -0.2) is 15.0 Å².